The van der Waals surface area contributed by atoms with E-state index in [9.17, 15) is 5.11 Å². The van der Waals surface area contributed by atoms with Gasteiger partial charge in [0.05, 0.1) is 12.1 Å². The van der Waals surface area contributed by atoms with E-state index >= 15 is 0 Å². The van der Waals surface area contributed by atoms with E-state index < -0.39 is 0 Å². The van der Waals surface area contributed by atoms with Crippen LogP contribution in [0.25, 0.3) is 0 Å². The molecule has 120 valence electrons. The predicted octanol–water partition coefficient (Wildman–Crippen LogP) is 1.39. The zero-order valence-corrected chi connectivity index (χ0v) is 13.0. The fourth-order valence-electron chi connectivity index (χ4n) is 3.12. The highest BCUT2D eigenvalue weighted by molar-refractivity contribution is 5.15. The van der Waals surface area contributed by atoms with Gasteiger partial charge < -0.3 is 10.0 Å². The van der Waals surface area contributed by atoms with Crippen molar-refractivity contribution >= 4 is 0 Å². The van der Waals surface area contributed by atoms with Gasteiger partial charge in [0.1, 0.15) is 12.4 Å². The number of hydrogen-bond acceptors (Lipinski definition) is 5. The van der Waals surface area contributed by atoms with Crippen molar-refractivity contribution in [2.45, 2.75) is 31.4 Å². The van der Waals surface area contributed by atoms with Gasteiger partial charge >= 0.3 is 0 Å². The third-order valence-corrected chi connectivity index (χ3v) is 4.32. The number of β-amino-alcohol motifs (C(OH)–C–C–N with tert-alkyl or cyclic N) is 1. The Morgan fingerprint density at radius 3 is 2.65 bits per heavy atom. The van der Waals surface area contributed by atoms with Crippen molar-refractivity contribution in [2.24, 2.45) is 0 Å². The quantitative estimate of drug-likeness (QED) is 0.903. The van der Waals surface area contributed by atoms with Crippen LogP contribution < -0.4 is 0 Å². The normalized spacial score (nSPS) is 17.7. The van der Waals surface area contributed by atoms with E-state index in [0.29, 0.717) is 19.0 Å². The van der Waals surface area contributed by atoms with Crippen LogP contribution in [0.2, 0.25) is 0 Å². The van der Waals surface area contributed by atoms with E-state index in [1.165, 1.54) is 5.56 Å². The molecule has 1 saturated heterocycles. The highest BCUT2D eigenvalue weighted by Gasteiger charge is 2.23. The van der Waals surface area contributed by atoms with E-state index in [1.807, 2.05) is 36.4 Å². The second-order valence-electron chi connectivity index (χ2n) is 6.04. The van der Waals surface area contributed by atoms with Crippen molar-refractivity contribution in [3.63, 3.8) is 0 Å². The Bertz CT molecular complexity index is 655. The van der Waals surface area contributed by atoms with Crippen molar-refractivity contribution < 1.29 is 5.11 Å². The average molecular weight is 311 g/mol. The highest BCUT2D eigenvalue weighted by Crippen LogP contribution is 2.21. The molecule has 0 saturated carbocycles. The van der Waals surface area contributed by atoms with Crippen LogP contribution in [0.5, 0.6) is 0 Å². The maximum Gasteiger partial charge on any atom is 0.252 e. The van der Waals surface area contributed by atoms with E-state index in [0.717, 1.165) is 25.9 Å². The minimum Gasteiger partial charge on any atom is -0.391 e. The van der Waals surface area contributed by atoms with Crippen LogP contribution in [0.4, 0.5) is 0 Å². The molecule has 1 aromatic carbocycles. The van der Waals surface area contributed by atoms with Crippen LogP contribution in [-0.4, -0.2) is 50.5 Å². The van der Waals surface area contributed by atoms with Gasteiger partial charge in [-0.05, 0) is 24.8 Å². The molecule has 0 bridgehead atoms. The number of nitriles is 1. The summed E-state index contributed by atoms with van der Waals surface area (Å²) in [6, 6.07) is 12.3. The molecule has 1 aliphatic rings. The minimum absolute atomic E-state index is 0.228. The monoisotopic (exact) mass is 311 g/mol. The molecule has 23 heavy (non-hydrogen) atoms. The van der Waals surface area contributed by atoms with Crippen molar-refractivity contribution in [1.82, 2.24) is 19.7 Å². The van der Waals surface area contributed by atoms with E-state index in [2.05, 4.69) is 15.0 Å². The van der Waals surface area contributed by atoms with Gasteiger partial charge in [-0.2, -0.15) is 5.26 Å². The number of hydrogen-bond donors (Lipinski definition) is 1. The molecule has 6 nitrogen and oxygen atoms in total. The Kier molecular flexibility index (Phi) is 5.01. The standard InChI is InChI=1S/C17H21N5O/c18-11-17-19-13-22(20-17)15-6-8-21(9-7-15)12-16(23)10-14-4-2-1-3-5-14/h1-5,13,15-16,23H,6-10,12H2. The molecule has 1 aromatic heterocycles. The first-order valence-corrected chi connectivity index (χ1v) is 8.00. The molecule has 2 heterocycles. The van der Waals surface area contributed by atoms with Crippen LogP contribution in [0.3, 0.4) is 0 Å². The SMILES string of the molecule is N#Cc1ncn(C2CCN(CC(O)Cc3ccccc3)CC2)n1. The molecule has 3 rings (SSSR count). The zero-order chi connectivity index (χ0) is 16.1. The number of piperidine rings is 1. The van der Waals surface area contributed by atoms with Crippen molar-refractivity contribution in [1.29, 1.82) is 5.26 Å². The van der Waals surface area contributed by atoms with Gasteiger partial charge in [-0.15, -0.1) is 5.10 Å². The molecular weight excluding hydrogens is 290 g/mol. The summed E-state index contributed by atoms with van der Waals surface area (Å²) in [5.74, 6) is 0.228. The lowest BCUT2D eigenvalue weighted by molar-refractivity contribution is 0.0890. The largest absolute Gasteiger partial charge is 0.391 e. The lowest BCUT2D eigenvalue weighted by Crippen LogP contribution is -2.40. The molecule has 0 amide bonds. The summed E-state index contributed by atoms with van der Waals surface area (Å²) in [6.07, 6.45) is 3.92. The van der Waals surface area contributed by atoms with Gasteiger partial charge in [-0.3, -0.25) is 0 Å². The lowest BCUT2D eigenvalue weighted by atomic mass is 10.0. The highest BCUT2D eigenvalue weighted by atomic mass is 16.3. The molecule has 1 atom stereocenters. The van der Waals surface area contributed by atoms with Gasteiger partial charge in [-0.25, -0.2) is 9.67 Å². The van der Waals surface area contributed by atoms with Crippen LogP contribution >= 0.6 is 0 Å². The smallest absolute Gasteiger partial charge is 0.252 e. The molecule has 1 unspecified atom stereocenters. The minimum atomic E-state index is -0.342. The molecular formula is C17H21N5O. The van der Waals surface area contributed by atoms with Gasteiger partial charge in [0.15, 0.2) is 0 Å². The third-order valence-electron chi connectivity index (χ3n) is 4.32. The summed E-state index contributed by atoms with van der Waals surface area (Å²) in [6.45, 7) is 2.55. The van der Waals surface area contributed by atoms with Crippen LogP contribution in [-0.2, 0) is 6.42 Å². The second kappa shape index (κ2) is 7.36. The number of likely N-dealkylation sites (tertiary alicyclic amines) is 1. The molecule has 1 aliphatic heterocycles. The van der Waals surface area contributed by atoms with Crippen LogP contribution in [0.1, 0.15) is 30.3 Å². The molecule has 0 radical (unpaired) electrons. The molecule has 1 fully saturated rings. The van der Waals surface area contributed by atoms with E-state index in [1.54, 1.807) is 11.0 Å². The van der Waals surface area contributed by atoms with Crippen molar-refractivity contribution in [2.75, 3.05) is 19.6 Å². The molecule has 0 spiro atoms. The first-order chi connectivity index (χ1) is 11.2. The molecule has 2 aromatic rings. The van der Waals surface area contributed by atoms with Crippen LogP contribution in [0, 0.1) is 11.3 Å². The third kappa shape index (κ3) is 4.15. The first kappa shape index (κ1) is 15.7. The Morgan fingerprint density at radius 2 is 2.00 bits per heavy atom. The summed E-state index contributed by atoms with van der Waals surface area (Å²) in [7, 11) is 0. The number of rotatable bonds is 5. The average Bonchev–Trinajstić information content (AvgIpc) is 3.05. The Hall–Kier alpha value is -2.23. The summed E-state index contributed by atoms with van der Waals surface area (Å²) < 4.78 is 1.80. The van der Waals surface area contributed by atoms with E-state index in [4.69, 9.17) is 5.26 Å². The fraction of sp³-hybridized carbons (Fsp3) is 0.471. The van der Waals surface area contributed by atoms with E-state index in [-0.39, 0.29) is 11.9 Å². The molecule has 1 N–H and O–H groups in total. The van der Waals surface area contributed by atoms with Crippen molar-refractivity contribution in [3.05, 3.63) is 48.0 Å². The Morgan fingerprint density at radius 1 is 1.26 bits per heavy atom. The molecule has 0 aliphatic carbocycles. The maximum absolute atomic E-state index is 10.3. The van der Waals surface area contributed by atoms with Crippen LogP contribution in [0.15, 0.2) is 36.7 Å². The zero-order valence-electron chi connectivity index (χ0n) is 13.0. The topological polar surface area (TPSA) is 78.0 Å². The fourth-order valence-corrected chi connectivity index (χ4v) is 3.12. The first-order valence-electron chi connectivity index (χ1n) is 8.00. The van der Waals surface area contributed by atoms with Gasteiger partial charge in [0, 0.05) is 19.6 Å². The maximum atomic E-state index is 10.3. The lowest BCUT2D eigenvalue weighted by Gasteiger charge is -2.33. The number of benzene rings is 1. The van der Waals surface area contributed by atoms with Gasteiger partial charge in [-0.1, -0.05) is 30.3 Å². The Balaban J connectivity index is 1.46. The number of nitrogens with zero attached hydrogens (tertiary/aromatic N) is 5. The predicted molar refractivity (Wildman–Crippen MR) is 85.6 cm³/mol. The Labute approximate surface area is 136 Å². The second-order valence-corrected chi connectivity index (χ2v) is 6.04. The number of aliphatic hydroxyl groups excluding tert-OH is 1. The van der Waals surface area contributed by atoms with Gasteiger partial charge in [0.25, 0.3) is 5.82 Å². The van der Waals surface area contributed by atoms with Crippen molar-refractivity contribution in [3.8, 4) is 6.07 Å². The summed E-state index contributed by atoms with van der Waals surface area (Å²) in [5, 5.41) is 23.2. The summed E-state index contributed by atoms with van der Waals surface area (Å²) in [4.78, 5) is 6.26. The van der Waals surface area contributed by atoms with Gasteiger partial charge in [0.2, 0.25) is 0 Å². The number of aromatic nitrogens is 3. The molecule has 6 heteroatoms. The summed E-state index contributed by atoms with van der Waals surface area (Å²) in [5.41, 5.74) is 1.17. The number of aliphatic hydroxyl groups is 1. The summed E-state index contributed by atoms with van der Waals surface area (Å²) >= 11 is 0.